The third kappa shape index (κ3) is 3.85. The lowest BCUT2D eigenvalue weighted by molar-refractivity contribution is -0.132. The number of rotatable bonds is 5. The SMILES string of the molecule is CCNC(=O)C(C)NC(=O)C1(CC)CCCN1.Cl. The molecule has 0 saturated carbocycles. The van der Waals surface area contributed by atoms with E-state index in [0.29, 0.717) is 6.54 Å². The second-order valence-electron chi connectivity index (χ2n) is 4.56. The van der Waals surface area contributed by atoms with Crippen LogP contribution in [0.4, 0.5) is 0 Å². The Balaban J connectivity index is 0.00000289. The van der Waals surface area contributed by atoms with E-state index in [1.165, 1.54) is 0 Å². The van der Waals surface area contributed by atoms with Gasteiger partial charge in [-0.3, -0.25) is 9.59 Å². The van der Waals surface area contributed by atoms with Crippen LogP contribution in [0.3, 0.4) is 0 Å². The van der Waals surface area contributed by atoms with Crippen LogP contribution in [0, 0.1) is 0 Å². The van der Waals surface area contributed by atoms with E-state index < -0.39 is 11.6 Å². The summed E-state index contributed by atoms with van der Waals surface area (Å²) in [6, 6.07) is -0.478. The number of nitrogens with one attached hydrogen (secondary N) is 3. The molecule has 0 aromatic heterocycles. The second-order valence-corrected chi connectivity index (χ2v) is 4.56. The number of hydrogen-bond donors (Lipinski definition) is 3. The molecule has 5 nitrogen and oxygen atoms in total. The summed E-state index contributed by atoms with van der Waals surface area (Å²) in [5, 5.41) is 8.73. The third-order valence-electron chi connectivity index (χ3n) is 3.37. The van der Waals surface area contributed by atoms with Crippen LogP contribution >= 0.6 is 12.4 Å². The van der Waals surface area contributed by atoms with Crippen LogP contribution < -0.4 is 16.0 Å². The summed E-state index contributed by atoms with van der Waals surface area (Å²) in [5.41, 5.74) is -0.471. The Morgan fingerprint density at radius 2 is 2.06 bits per heavy atom. The zero-order valence-electron chi connectivity index (χ0n) is 11.3. The first-order valence-corrected chi connectivity index (χ1v) is 6.39. The first kappa shape index (κ1) is 17.2. The Bertz CT molecular complexity index is 291. The third-order valence-corrected chi connectivity index (χ3v) is 3.37. The van der Waals surface area contributed by atoms with Gasteiger partial charge in [0.05, 0.1) is 5.54 Å². The number of halogens is 1. The maximum Gasteiger partial charge on any atom is 0.242 e. The van der Waals surface area contributed by atoms with E-state index >= 15 is 0 Å². The zero-order chi connectivity index (χ0) is 12.9. The monoisotopic (exact) mass is 277 g/mol. The van der Waals surface area contributed by atoms with E-state index in [0.717, 1.165) is 25.8 Å². The topological polar surface area (TPSA) is 70.2 Å². The van der Waals surface area contributed by atoms with E-state index in [2.05, 4.69) is 16.0 Å². The number of hydrogen-bond acceptors (Lipinski definition) is 3. The molecule has 3 N–H and O–H groups in total. The minimum Gasteiger partial charge on any atom is -0.355 e. The highest BCUT2D eigenvalue weighted by Gasteiger charge is 2.39. The molecule has 0 spiro atoms. The highest BCUT2D eigenvalue weighted by molar-refractivity contribution is 5.92. The summed E-state index contributed by atoms with van der Waals surface area (Å²) in [6.07, 6.45) is 2.61. The molecular weight excluding hydrogens is 254 g/mol. The Morgan fingerprint density at radius 3 is 2.50 bits per heavy atom. The molecule has 106 valence electrons. The van der Waals surface area contributed by atoms with Crippen LogP contribution in [0.1, 0.15) is 40.0 Å². The van der Waals surface area contributed by atoms with Gasteiger partial charge in [0.1, 0.15) is 6.04 Å². The summed E-state index contributed by atoms with van der Waals surface area (Å²) >= 11 is 0. The van der Waals surface area contributed by atoms with Gasteiger partial charge in [-0.05, 0) is 39.7 Å². The standard InChI is InChI=1S/C12H23N3O2.ClH/c1-4-12(7-6-8-14-12)11(17)15-9(3)10(16)13-5-2;/h9,14H,4-8H2,1-3H3,(H,13,16)(H,15,17);1H. The van der Waals surface area contributed by atoms with Gasteiger partial charge in [0.2, 0.25) is 11.8 Å². The predicted molar refractivity (Wildman–Crippen MR) is 73.8 cm³/mol. The summed E-state index contributed by atoms with van der Waals surface area (Å²) in [7, 11) is 0. The number of carbonyl (C=O) groups excluding carboxylic acids is 2. The molecule has 1 fully saturated rings. The predicted octanol–water partition coefficient (Wildman–Crippen LogP) is 0.581. The van der Waals surface area contributed by atoms with Crippen molar-refractivity contribution in [1.29, 1.82) is 0 Å². The van der Waals surface area contributed by atoms with Crippen molar-refractivity contribution in [3.8, 4) is 0 Å². The second kappa shape index (κ2) is 7.59. The molecule has 1 aliphatic heterocycles. The number of amides is 2. The number of likely N-dealkylation sites (N-methyl/N-ethyl adjacent to an activating group) is 1. The smallest absolute Gasteiger partial charge is 0.242 e. The van der Waals surface area contributed by atoms with Crippen molar-refractivity contribution in [1.82, 2.24) is 16.0 Å². The van der Waals surface area contributed by atoms with Gasteiger partial charge < -0.3 is 16.0 Å². The fraction of sp³-hybridized carbons (Fsp3) is 0.833. The van der Waals surface area contributed by atoms with Gasteiger partial charge in [-0.1, -0.05) is 6.92 Å². The molecule has 2 unspecified atom stereocenters. The van der Waals surface area contributed by atoms with E-state index in [9.17, 15) is 9.59 Å². The molecule has 1 saturated heterocycles. The van der Waals surface area contributed by atoms with E-state index in [1.54, 1.807) is 6.92 Å². The zero-order valence-corrected chi connectivity index (χ0v) is 12.2. The molecule has 0 bridgehead atoms. The Labute approximate surface area is 115 Å². The average Bonchev–Trinajstić information content (AvgIpc) is 2.79. The average molecular weight is 278 g/mol. The molecule has 0 aliphatic carbocycles. The van der Waals surface area contributed by atoms with E-state index in [1.807, 2.05) is 13.8 Å². The van der Waals surface area contributed by atoms with Crippen molar-refractivity contribution >= 4 is 24.2 Å². The number of carbonyl (C=O) groups is 2. The molecule has 1 aliphatic rings. The molecule has 0 aromatic rings. The van der Waals surface area contributed by atoms with E-state index in [4.69, 9.17) is 0 Å². The molecule has 0 aromatic carbocycles. The fourth-order valence-electron chi connectivity index (χ4n) is 2.19. The molecule has 6 heteroatoms. The highest BCUT2D eigenvalue weighted by atomic mass is 35.5. The maximum absolute atomic E-state index is 12.2. The molecule has 18 heavy (non-hydrogen) atoms. The first-order valence-electron chi connectivity index (χ1n) is 6.39. The summed E-state index contributed by atoms with van der Waals surface area (Å²) < 4.78 is 0. The molecule has 2 atom stereocenters. The van der Waals surface area contributed by atoms with Crippen molar-refractivity contribution in [2.24, 2.45) is 0 Å². The molecule has 1 rings (SSSR count). The van der Waals surface area contributed by atoms with Crippen LogP contribution in [-0.2, 0) is 9.59 Å². The lowest BCUT2D eigenvalue weighted by atomic mass is 9.93. The van der Waals surface area contributed by atoms with Gasteiger partial charge >= 0.3 is 0 Å². The van der Waals surface area contributed by atoms with Crippen molar-refractivity contribution in [2.75, 3.05) is 13.1 Å². The van der Waals surface area contributed by atoms with Gasteiger partial charge in [0.15, 0.2) is 0 Å². The van der Waals surface area contributed by atoms with Crippen molar-refractivity contribution in [2.45, 2.75) is 51.6 Å². The van der Waals surface area contributed by atoms with Crippen LogP contribution in [0.15, 0.2) is 0 Å². The van der Waals surface area contributed by atoms with E-state index in [-0.39, 0.29) is 24.2 Å². The van der Waals surface area contributed by atoms with Gasteiger partial charge in [0.25, 0.3) is 0 Å². The van der Waals surface area contributed by atoms with Crippen molar-refractivity contribution < 1.29 is 9.59 Å². The maximum atomic E-state index is 12.2. The molecule has 1 heterocycles. The van der Waals surface area contributed by atoms with Crippen LogP contribution in [-0.4, -0.2) is 36.5 Å². The van der Waals surface area contributed by atoms with Gasteiger partial charge in [-0.2, -0.15) is 0 Å². The molecule has 2 amide bonds. The molecule has 0 radical (unpaired) electrons. The Morgan fingerprint density at radius 1 is 1.39 bits per heavy atom. The minimum atomic E-state index is -0.478. The Kier molecular flexibility index (Phi) is 7.25. The lowest BCUT2D eigenvalue weighted by Gasteiger charge is -2.28. The summed E-state index contributed by atoms with van der Waals surface area (Å²) in [4.78, 5) is 23.7. The summed E-state index contributed by atoms with van der Waals surface area (Å²) in [6.45, 7) is 7.02. The Hall–Kier alpha value is -0.810. The van der Waals surface area contributed by atoms with Gasteiger partial charge in [-0.15, -0.1) is 12.4 Å². The lowest BCUT2D eigenvalue weighted by Crippen LogP contribution is -2.57. The molecular formula is C12H24ClN3O2. The first-order chi connectivity index (χ1) is 8.05. The van der Waals surface area contributed by atoms with Crippen molar-refractivity contribution in [3.05, 3.63) is 0 Å². The largest absolute Gasteiger partial charge is 0.355 e. The van der Waals surface area contributed by atoms with Crippen LogP contribution in [0.5, 0.6) is 0 Å². The fourth-order valence-corrected chi connectivity index (χ4v) is 2.19. The van der Waals surface area contributed by atoms with Gasteiger partial charge in [-0.25, -0.2) is 0 Å². The quantitative estimate of drug-likeness (QED) is 0.689. The van der Waals surface area contributed by atoms with Crippen LogP contribution in [0.2, 0.25) is 0 Å². The highest BCUT2D eigenvalue weighted by Crippen LogP contribution is 2.23. The minimum absolute atomic E-state index is 0. The normalized spacial score (nSPS) is 23.9. The summed E-state index contributed by atoms with van der Waals surface area (Å²) in [5.74, 6) is -0.193. The van der Waals surface area contributed by atoms with Gasteiger partial charge in [0, 0.05) is 6.54 Å². The van der Waals surface area contributed by atoms with Crippen LogP contribution in [0.25, 0.3) is 0 Å². The van der Waals surface area contributed by atoms with Crippen molar-refractivity contribution in [3.63, 3.8) is 0 Å².